The first-order valence-corrected chi connectivity index (χ1v) is 7.22. The number of hydrogen-bond donors (Lipinski definition) is 3. The van der Waals surface area contributed by atoms with E-state index in [0.717, 1.165) is 5.56 Å². The number of benzene rings is 1. The summed E-state index contributed by atoms with van der Waals surface area (Å²) in [6.07, 6.45) is 0.0422. The summed E-state index contributed by atoms with van der Waals surface area (Å²) in [5.41, 5.74) is 0.770. The fourth-order valence-electron chi connectivity index (χ4n) is 2.45. The minimum Gasteiger partial charge on any atom is -0.392 e. The Hall–Kier alpha value is -1.10. The van der Waals surface area contributed by atoms with E-state index >= 15 is 0 Å². The Morgan fingerprint density at radius 3 is 2.80 bits per heavy atom. The van der Waals surface area contributed by atoms with Crippen molar-refractivity contribution in [3.63, 3.8) is 0 Å². The van der Waals surface area contributed by atoms with Gasteiger partial charge in [0.2, 0.25) is 5.91 Å². The van der Waals surface area contributed by atoms with Crippen molar-refractivity contribution in [2.45, 2.75) is 37.8 Å². The number of β-amino-alcohol motifs (C(OH)–C–C–N with tert-alkyl or cyclic N) is 1. The quantitative estimate of drug-likeness (QED) is 0.788. The lowest BCUT2D eigenvalue weighted by Gasteiger charge is -2.27. The molecule has 1 aliphatic heterocycles. The Morgan fingerprint density at radius 1 is 1.50 bits per heavy atom. The van der Waals surface area contributed by atoms with Gasteiger partial charge in [0.05, 0.1) is 12.1 Å². The van der Waals surface area contributed by atoms with E-state index in [-0.39, 0.29) is 17.4 Å². The van der Waals surface area contributed by atoms with Crippen molar-refractivity contribution in [3.8, 4) is 0 Å². The number of aliphatic hydroxyl groups is 1. The van der Waals surface area contributed by atoms with E-state index in [1.807, 2.05) is 38.1 Å². The van der Waals surface area contributed by atoms with Crippen LogP contribution in [-0.2, 0) is 10.2 Å². The first-order chi connectivity index (χ1) is 9.40. The molecule has 0 bridgehead atoms. The van der Waals surface area contributed by atoms with Gasteiger partial charge < -0.3 is 15.7 Å². The second-order valence-corrected chi connectivity index (χ2v) is 6.34. The van der Waals surface area contributed by atoms with Gasteiger partial charge in [-0.25, -0.2) is 0 Å². The van der Waals surface area contributed by atoms with Gasteiger partial charge in [0.25, 0.3) is 0 Å². The lowest BCUT2D eigenvalue weighted by atomic mass is 9.84. The normalized spacial score (nSPS) is 22.8. The van der Waals surface area contributed by atoms with E-state index in [0.29, 0.717) is 24.5 Å². The zero-order chi connectivity index (χ0) is 14.8. The molecule has 3 N–H and O–H groups in total. The van der Waals surface area contributed by atoms with Crippen LogP contribution in [0.25, 0.3) is 0 Å². The largest absolute Gasteiger partial charge is 0.392 e. The summed E-state index contributed by atoms with van der Waals surface area (Å²) in [7, 11) is 0. The van der Waals surface area contributed by atoms with Crippen molar-refractivity contribution in [1.82, 2.24) is 10.6 Å². The Labute approximate surface area is 124 Å². The second kappa shape index (κ2) is 6.12. The van der Waals surface area contributed by atoms with E-state index in [2.05, 4.69) is 10.6 Å². The number of aliphatic hydroxyl groups excluding tert-OH is 1. The van der Waals surface area contributed by atoms with E-state index < -0.39 is 6.10 Å². The smallest absolute Gasteiger partial charge is 0.237 e. The molecule has 1 aromatic rings. The molecule has 1 aromatic carbocycles. The zero-order valence-electron chi connectivity index (χ0n) is 11.8. The number of hydrogen-bond acceptors (Lipinski definition) is 3. The van der Waals surface area contributed by atoms with Crippen LogP contribution in [0.4, 0.5) is 0 Å². The highest BCUT2D eigenvalue weighted by molar-refractivity contribution is 6.31. The summed E-state index contributed by atoms with van der Waals surface area (Å²) >= 11 is 6.21. The van der Waals surface area contributed by atoms with Crippen LogP contribution >= 0.6 is 11.6 Å². The van der Waals surface area contributed by atoms with Crippen LogP contribution in [0.5, 0.6) is 0 Å². The molecule has 1 aliphatic rings. The minimum absolute atomic E-state index is 0.0679. The number of carbonyl (C=O) groups excluding carboxylic acids is 1. The molecular weight excluding hydrogens is 276 g/mol. The van der Waals surface area contributed by atoms with E-state index in [9.17, 15) is 9.90 Å². The predicted molar refractivity (Wildman–Crippen MR) is 79.9 cm³/mol. The molecule has 0 saturated carbocycles. The average Bonchev–Trinajstić information content (AvgIpc) is 2.83. The lowest BCUT2D eigenvalue weighted by molar-refractivity contribution is -0.123. The molecule has 0 aliphatic carbocycles. The molecule has 0 aromatic heterocycles. The van der Waals surface area contributed by atoms with Gasteiger partial charge in [0.15, 0.2) is 0 Å². The van der Waals surface area contributed by atoms with Crippen molar-refractivity contribution in [1.29, 1.82) is 0 Å². The Kier molecular flexibility index (Phi) is 4.68. The standard InChI is InChI=1S/C15H21ClN2O2/c1-15(2,11-5-3-4-6-12(11)16)9-18-14(20)13-7-10(19)8-17-13/h3-6,10,13,17,19H,7-9H2,1-2H3,(H,18,20). The number of halogens is 1. The molecule has 110 valence electrons. The number of amides is 1. The van der Waals surface area contributed by atoms with Crippen LogP contribution in [0.15, 0.2) is 24.3 Å². The summed E-state index contributed by atoms with van der Waals surface area (Å²) < 4.78 is 0. The van der Waals surface area contributed by atoms with Crippen molar-refractivity contribution < 1.29 is 9.90 Å². The van der Waals surface area contributed by atoms with Crippen LogP contribution in [0.1, 0.15) is 25.8 Å². The van der Waals surface area contributed by atoms with Crippen molar-refractivity contribution >= 4 is 17.5 Å². The van der Waals surface area contributed by atoms with Gasteiger partial charge in [-0.1, -0.05) is 43.6 Å². The van der Waals surface area contributed by atoms with Gasteiger partial charge in [-0.05, 0) is 18.1 Å². The fraction of sp³-hybridized carbons (Fsp3) is 0.533. The van der Waals surface area contributed by atoms with Crippen LogP contribution in [0.3, 0.4) is 0 Å². The maximum Gasteiger partial charge on any atom is 0.237 e. The molecule has 1 heterocycles. The van der Waals surface area contributed by atoms with Crippen LogP contribution < -0.4 is 10.6 Å². The van der Waals surface area contributed by atoms with Crippen molar-refractivity contribution in [2.24, 2.45) is 0 Å². The lowest BCUT2D eigenvalue weighted by Crippen LogP contribution is -2.45. The third-order valence-electron chi connectivity index (χ3n) is 3.73. The summed E-state index contributed by atoms with van der Waals surface area (Å²) in [6, 6.07) is 7.37. The average molecular weight is 297 g/mol. The molecule has 1 saturated heterocycles. The number of rotatable bonds is 4. The third-order valence-corrected chi connectivity index (χ3v) is 4.06. The molecule has 0 radical (unpaired) electrons. The molecule has 1 fully saturated rings. The third kappa shape index (κ3) is 3.51. The molecular formula is C15H21ClN2O2. The number of carbonyl (C=O) groups is 1. The van der Waals surface area contributed by atoms with Gasteiger partial charge in [0.1, 0.15) is 0 Å². The molecule has 0 spiro atoms. The molecule has 2 atom stereocenters. The molecule has 5 heteroatoms. The SMILES string of the molecule is CC(C)(CNC(=O)C1CC(O)CN1)c1ccccc1Cl. The monoisotopic (exact) mass is 296 g/mol. The zero-order valence-corrected chi connectivity index (χ0v) is 12.6. The fourth-order valence-corrected chi connectivity index (χ4v) is 2.84. The summed E-state index contributed by atoms with van der Waals surface area (Å²) in [5.74, 6) is -0.0679. The Bertz CT molecular complexity index is 491. The van der Waals surface area contributed by atoms with Crippen LogP contribution in [-0.4, -0.2) is 36.2 Å². The molecule has 1 amide bonds. The maximum atomic E-state index is 12.0. The summed E-state index contributed by atoms with van der Waals surface area (Å²) in [4.78, 5) is 12.0. The van der Waals surface area contributed by atoms with Crippen molar-refractivity contribution in [2.75, 3.05) is 13.1 Å². The van der Waals surface area contributed by atoms with E-state index in [1.54, 1.807) is 0 Å². The second-order valence-electron chi connectivity index (χ2n) is 5.93. The van der Waals surface area contributed by atoms with Crippen molar-refractivity contribution in [3.05, 3.63) is 34.9 Å². The Morgan fingerprint density at radius 2 is 2.20 bits per heavy atom. The summed E-state index contributed by atoms with van der Waals surface area (Å²) in [5, 5.41) is 16.1. The number of nitrogens with one attached hydrogen (secondary N) is 2. The minimum atomic E-state index is -0.428. The van der Waals surface area contributed by atoms with Gasteiger partial charge in [0, 0.05) is 23.5 Å². The van der Waals surface area contributed by atoms with Crippen LogP contribution in [0.2, 0.25) is 5.02 Å². The highest BCUT2D eigenvalue weighted by atomic mass is 35.5. The van der Waals surface area contributed by atoms with E-state index in [4.69, 9.17) is 11.6 Å². The van der Waals surface area contributed by atoms with Crippen LogP contribution in [0, 0.1) is 0 Å². The van der Waals surface area contributed by atoms with Gasteiger partial charge in [-0.3, -0.25) is 4.79 Å². The molecule has 2 unspecified atom stereocenters. The molecule has 2 rings (SSSR count). The maximum absolute atomic E-state index is 12.0. The van der Waals surface area contributed by atoms with Gasteiger partial charge in [-0.2, -0.15) is 0 Å². The van der Waals surface area contributed by atoms with Gasteiger partial charge >= 0.3 is 0 Å². The molecule has 4 nitrogen and oxygen atoms in total. The predicted octanol–water partition coefficient (Wildman–Crippen LogP) is 1.46. The highest BCUT2D eigenvalue weighted by Gasteiger charge is 2.30. The summed E-state index contributed by atoms with van der Waals surface area (Å²) in [6.45, 7) is 5.08. The Balaban J connectivity index is 1.96. The topological polar surface area (TPSA) is 61.4 Å². The van der Waals surface area contributed by atoms with Gasteiger partial charge in [-0.15, -0.1) is 0 Å². The highest BCUT2D eigenvalue weighted by Crippen LogP contribution is 2.29. The first kappa shape index (κ1) is 15.3. The first-order valence-electron chi connectivity index (χ1n) is 6.84. The van der Waals surface area contributed by atoms with E-state index in [1.165, 1.54) is 0 Å². The molecule has 20 heavy (non-hydrogen) atoms.